The van der Waals surface area contributed by atoms with Gasteiger partial charge in [0.15, 0.2) is 0 Å². The molecule has 0 atom stereocenters. The van der Waals surface area contributed by atoms with Gasteiger partial charge >= 0.3 is 0 Å². The zero-order valence-electron chi connectivity index (χ0n) is 8.27. The molecule has 1 heterocycles. The van der Waals surface area contributed by atoms with Gasteiger partial charge in [-0.25, -0.2) is 4.98 Å². The van der Waals surface area contributed by atoms with Gasteiger partial charge in [-0.3, -0.25) is 2.78 Å². The Kier molecular flexibility index (Phi) is 2.52. The van der Waals surface area contributed by atoms with Gasteiger partial charge in [-0.05, 0) is 13.8 Å². The maximum atomic E-state index is 4.43. The van der Waals surface area contributed by atoms with Crippen molar-refractivity contribution in [2.45, 2.75) is 40.0 Å². The van der Waals surface area contributed by atoms with E-state index in [9.17, 15) is 0 Å². The first-order chi connectivity index (χ1) is 5.34. The number of rotatable bonds is 0. The highest BCUT2D eigenvalue weighted by Crippen LogP contribution is 2.27. The van der Waals surface area contributed by atoms with E-state index >= 15 is 0 Å². The molecular formula is C9H15IN2. The quantitative estimate of drug-likeness (QED) is 0.667. The molecule has 0 fully saturated rings. The highest BCUT2D eigenvalue weighted by atomic mass is 127. The minimum atomic E-state index is 0.187. The van der Waals surface area contributed by atoms with Crippen molar-refractivity contribution in [3.8, 4) is 0 Å². The van der Waals surface area contributed by atoms with Gasteiger partial charge < -0.3 is 0 Å². The molecule has 3 heteroatoms. The highest BCUT2D eigenvalue weighted by Gasteiger charge is 2.22. The van der Waals surface area contributed by atoms with Crippen LogP contribution in [0, 0.1) is 13.8 Å². The van der Waals surface area contributed by atoms with Gasteiger partial charge in [0.25, 0.3) is 0 Å². The van der Waals surface area contributed by atoms with Crippen molar-refractivity contribution in [2.24, 2.45) is 0 Å². The fourth-order valence-electron chi connectivity index (χ4n) is 1.48. The molecule has 0 saturated heterocycles. The van der Waals surface area contributed by atoms with Crippen LogP contribution in [0.3, 0.4) is 0 Å². The van der Waals surface area contributed by atoms with Crippen molar-refractivity contribution in [3.05, 3.63) is 17.2 Å². The fraction of sp³-hybridized carbons (Fsp3) is 0.667. The molecule has 0 aliphatic rings. The number of aryl methyl sites for hydroxylation is 2. The van der Waals surface area contributed by atoms with Crippen LogP contribution in [0.2, 0.25) is 0 Å². The van der Waals surface area contributed by atoms with Gasteiger partial charge in [0.05, 0.1) is 34.3 Å². The summed E-state index contributed by atoms with van der Waals surface area (Å²) in [7, 11) is 0. The highest BCUT2D eigenvalue weighted by molar-refractivity contribution is 14.1. The Bertz CT molecular complexity index is 294. The molecule has 0 unspecified atom stereocenters. The van der Waals surface area contributed by atoms with Crippen LogP contribution in [0.15, 0.2) is 0 Å². The molecule has 0 spiro atoms. The summed E-state index contributed by atoms with van der Waals surface area (Å²) in [5, 5.41) is 0. The van der Waals surface area contributed by atoms with E-state index in [0.717, 1.165) is 11.5 Å². The third-order valence-electron chi connectivity index (χ3n) is 1.86. The van der Waals surface area contributed by atoms with Crippen molar-refractivity contribution in [2.75, 3.05) is 0 Å². The lowest BCUT2D eigenvalue weighted by molar-refractivity contribution is 0.564. The van der Waals surface area contributed by atoms with Gasteiger partial charge in [0.1, 0.15) is 5.82 Å². The van der Waals surface area contributed by atoms with Crippen molar-refractivity contribution in [3.63, 3.8) is 0 Å². The first-order valence-electron chi connectivity index (χ1n) is 4.06. The van der Waals surface area contributed by atoms with E-state index in [1.807, 2.05) is 6.92 Å². The van der Waals surface area contributed by atoms with E-state index in [2.05, 4.69) is 58.3 Å². The zero-order chi connectivity index (χ0) is 9.52. The second kappa shape index (κ2) is 3.01. The number of aromatic nitrogens is 2. The second-order valence-electron chi connectivity index (χ2n) is 4.12. The molecule has 0 N–H and O–H groups in total. The van der Waals surface area contributed by atoms with E-state index < -0.39 is 0 Å². The van der Waals surface area contributed by atoms with Crippen LogP contribution in [-0.2, 0) is 5.41 Å². The predicted octanol–water partition coefficient (Wildman–Crippen LogP) is 3.00. The minimum Gasteiger partial charge on any atom is -0.272 e. The number of hydrogen-bond donors (Lipinski definition) is 0. The summed E-state index contributed by atoms with van der Waals surface area (Å²) in [5.41, 5.74) is 2.65. The van der Waals surface area contributed by atoms with Crippen LogP contribution in [0.1, 0.15) is 38.0 Å². The second-order valence-corrected chi connectivity index (χ2v) is 5.09. The lowest BCUT2D eigenvalue weighted by Crippen LogP contribution is -2.15. The summed E-state index contributed by atoms with van der Waals surface area (Å²) in [6.07, 6.45) is 0. The van der Waals surface area contributed by atoms with Crippen LogP contribution in [0.4, 0.5) is 0 Å². The monoisotopic (exact) mass is 278 g/mol. The van der Waals surface area contributed by atoms with Crippen molar-refractivity contribution < 1.29 is 0 Å². The number of imidazole rings is 1. The van der Waals surface area contributed by atoms with Gasteiger partial charge in [-0.1, -0.05) is 20.8 Å². The third kappa shape index (κ3) is 1.65. The van der Waals surface area contributed by atoms with Crippen molar-refractivity contribution in [1.29, 1.82) is 0 Å². The molecule has 0 aliphatic carbocycles. The van der Waals surface area contributed by atoms with E-state index in [-0.39, 0.29) is 5.41 Å². The first-order valence-corrected chi connectivity index (χ1v) is 5.03. The molecule has 0 saturated carbocycles. The molecule has 1 aromatic heterocycles. The smallest absolute Gasteiger partial charge is 0.114 e. The molecule has 0 aromatic carbocycles. The first kappa shape index (κ1) is 10.0. The average Bonchev–Trinajstić information content (AvgIpc) is 2.05. The van der Waals surface area contributed by atoms with Gasteiger partial charge in [0.2, 0.25) is 0 Å². The fourth-order valence-corrected chi connectivity index (χ4v) is 2.66. The third-order valence-corrected chi connectivity index (χ3v) is 3.04. The van der Waals surface area contributed by atoms with Gasteiger partial charge in [0, 0.05) is 5.41 Å². The van der Waals surface area contributed by atoms with E-state index in [1.165, 1.54) is 5.69 Å². The molecule has 0 amide bonds. The van der Waals surface area contributed by atoms with E-state index in [0.29, 0.717) is 0 Å². The van der Waals surface area contributed by atoms with Crippen molar-refractivity contribution in [1.82, 2.24) is 7.76 Å². The van der Waals surface area contributed by atoms with Crippen LogP contribution in [-0.4, -0.2) is 7.76 Å². The molecule has 2 nitrogen and oxygen atoms in total. The summed E-state index contributed by atoms with van der Waals surface area (Å²) in [5.74, 6) is 1.08. The Hall–Kier alpha value is -0.0600. The topological polar surface area (TPSA) is 17.8 Å². The predicted molar refractivity (Wildman–Crippen MR) is 59.8 cm³/mol. The Morgan fingerprint density at radius 3 is 1.92 bits per heavy atom. The van der Waals surface area contributed by atoms with Crippen LogP contribution < -0.4 is 0 Å². The molecule has 0 bridgehead atoms. The molecule has 68 valence electrons. The maximum absolute atomic E-state index is 4.43. The summed E-state index contributed by atoms with van der Waals surface area (Å²) in [4.78, 5) is 4.43. The molecule has 0 radical (unpaired) electrons. The largest absolute Gasteiger partial charge is 0.272 e. The minimum absolute atomic E-state index is 0.187. The van der Waals surface area contributed by atoms with Crippen molar-refractivity contribution >= 4 is 22.9 Å². The summed E-state index contributed by atoms with van der Waals surface area (Å²) < 4.78 is 2.15. The SMILES string of the molecule is Cc1nc(C)n(I)c1C(C)(C)C. The lowest BCUT2D eigenvalue weighted by Gasteiger charge is -2.19. The molecular weight excluding hydrogens is 263 g/mol. The zero-order valence-corrected chi connectivity index (χ0v) is 10.4. The summed E-state index contributed by atoms with van der Waals surface area (Å²) in [6.45, 7) is 10.8. The molecule has 1 aromatic rings. The van der Waals surface area contributed by atoms with Gasteiger partial charge in [-0.2, -0.15) is 0 Å². The number of hydrogen-bond acceptors (Lipinski definition) is 1. The Morgan fingerprint density at radius 1 is 1.25 bits per heavy atom. The standard InChI is InChI=1S/C9H15IN2/c1-6-8(9(3,4)5)12(10)7(2)11-6/h1-5H3. The Morgan fingerprint density at radius 2 is 1.75 bits per heavy atom. The molecule has 0 aliphatic heterocycles. The lowest BCUT2D eigenvalue weighted by atomic mass is 9.91. The molecule has 1 rings (SSSR count). The Balaban J connectivity index is 3.32. The van der Waals surface area contributed by atoms with Gasteiger partial charge in [-0.15, -0.1) is 0 Å². The van der Waals surface area contributed by atoms with E-state index in [1.54, 1.807) is 0 Å². The van der Waals surface area contributed by atoms with E-state index in [4.69, 9.17) is 0 Å². The van der Waals surface area contributed by atoms with Crippen LogP contribution >= 0.6 is 22.9 Å². The molecule has 12 heavy (non-hydrogen) atoms. The van der Waals surface area contributed by atoms with Crippen LogP contribution in [0.25, 0.3) is 0 Å². The normalized spacial score (nSPS) is 12.2. The number of nitrogens with zero attached hydrogens (tertiary/aromatic N) is 2. The number of halogens is 1. The Labute approximate surface area is 87.9 Å². The average molecular weight is 278 g/mol. The summed E-state index contributed by atoms with van der Waals surface area (Å²) >= 11 is 2.31. The maximum Gasteiger partial charge on any atom is 0.114 e. The van der Waals surface area contributed by atoms with Crippen LogP contribution in [0.5, 0.6) is 0 Å². The summed E-state index contributed by atoms with van der Waals surface area (Å²) in [6, 6.07) is 0.